The Balaban J connectivity index is 2.12. The molecule has 0 atom stereocenters. The van der Waals surface area contributed by atoms with Crippen LogP contribution in [0.15, 0.2) is 48.5 Å². The zero-order valence-electron chi connectivity index (χ0n) is 11.6. The molecule has 20 heavy (non-hydrogen) atoms. The first-order valence-electron chi connectivity index (χ1n) is 6.46. The lowest BCUT2D eigenvalue weighted by Gasteiger charge is -1.98. The van der Waals surface area contributed by atoms with Crippen LogP contribution in [-0.4, -0.2) is 11.6 Å². The van der Waals surface area contributed by atoms with E-state index in [9.17, 15) is 9.59 Å². The fourth-order valence-electron chi connectivity index (χ4n) is 1.85. The van der Waals surface area contributed by atoms with Gasteiger partial charge in [0.2, 0.25) is 0 Å². The molecule has 0 aliphatic heterocycles. The lowest BCUT2D eigenvalue weighted by molar-refractivity contribution is 0.100. The Bertz CT molecular complexity index is 587. The van der Waals surface area contributed by atoms with Gasteiger partial charge >= 0.3 is 0 Å². The number of carbonyl (C=O) groups is 2. The van der Waals surface area contributed by atoms with E-state index in [1.807, 2.05) is 60.7 Å². The van der Waals surface area contributed by atoms with Crippen LogP contribution < -0.4 is 0 Å². The fraction of sp³-hybridized carbons (Fsp3) is 0.111. The summed E-state index contributed by atoms with van der Waals surface area (Å²) in [5.41, 5.74) is 3.50. The Morgan fingerprint density at radius 2 is 0.950 bits per heavy atom. The van der Waals surface area contributed by atoms with Crippen LogP contribution in [0, 0.1) is 0 Å². The van der Waals surface area contributed by atoms with Crippen LogP contribution in [0.25, 0.3) is 12.2 Å². The zero-order valence-corrected chi connectivity index (χ0v) is 11.6. The smallest absolute Gasteiger partial charge is 0.159 e. The van der Waals surface area contributed by atoms with Crippen molar-refractivity contribution in [3.63, 3.8) is 0 Å². The van der Waals surface area contributed by atoms with Crippen LogP contribution in [-0.2, 0) is 0 Å². The van der Waals surface area contributed by atoms with Gasteiger partial charge in [0.05, 0.1) is 0 Å². The molecule has 2 aromatic carbocycles. The Morgan fingerprint density at radius 1 is 0.650 bits per heavy atom. The highest BCUT2D eigenvalue weighted by Crippen LogP contribution is 2.11. The molecule has 0 N–H and O–H groups in total. The van der Waals surface area contributed by atoms with Crippen LogP contribution >= 0.6 is 0 Å². The van der Waals surface area contributed by atoms with Gasteiger partial charge in [0.15, 0.2) is 11.6 Å². The first kappa shape index (κ1) is 13.9. The molecule has 0 aliphatic carbocycles. The van der Waals surface area contributed by atoms with Gasteiger partial charge < -0.3 is 0 Å². The Morgan fingerprint density at radius 3 is 1.20 bits per heavy atom. The summed E-state index contributed by atoms with van der Waals surface area (Å²) in [5, 5.41) is 0. The molecule has 2 aromatic rings. The molecule has 100 valence electrons. The third-order valence-electron chi connectivity index (χ3n) is 3.10. The molecule has 0 saturated heterocycles. The van der Waals surface area contributed by atoms with Crippen LogP contribution in [0.2, 0.25) is 0 Å². The van der Waals surface area contributed by atoms with E-state index in [1.54, 1.807) is 13.8 Å². The quantitative estimate of drug-likeness (QED) is 0.610. The predicted molar refractivity (Wildman–Crippen MR) is 81.8 cm³/mol. The van der Waals surface area contributed by atoms with Crippen LogP contribution in [0.5, 0.6) is 0 Å². The number of ketones is 2. The normalized spacial score (nSPS) is 10.7. The number of benzene rings is 2. The van der Waals surface area contributed by atoms with Gasteiger partial charge in [0.1, 0.15) is 0 Å². The van der Waals surface area contributed by atoms with E-state index < -0.39 is 0 Å². The molecule has 0 saturated carbocycles. The largest absolute Gasteiger partial charge is 0.295 e. The zero-order chi connectivity index (χ0) is 14.5. The fourth-order valence-corrected chi connectivity index (χ4v) is 1.85. The molecule has 0 aliphatic rings. The number of rotatable bonds is 4. The summed E-state index contributed by atoms with van der Waals surface area (Å²) in [5.74, 6) is 0.140. The van der Waals surface area contributed by atoms with E-state index >= 15 is 0 Å². The maximum atomic E-state index is 11.2. The Hall–Kier alpha value is -2.48. The second kappa shape index (κ2) is 6.11. The van der Waals surface area contributed by atoms with E-state index in [-0.39, 0.29) is 11.6 Å². The van der Waals surface area contributed by atoms with E-state index in [0.29, 0.717) is 11.1 Å². The third-order valence-corrected chi connectivity index (χ3v) is 3.10. The molecule has 0 heterocycles. The molecule has 0 fully saturated rings. The molecule has 0 bridgehead atoms. The van der Waals surface area contributed by atoms with Gasteiger partial charge in [-0.1, -0.05) is 60.7 Å². The van der Waals surface area contributed by atoms with Crippen molar-refractivity contribution in [1.82, 2.24) is 0 Å². The van der Waals surface area contributed by atoms with Crippen LogP contribution in [0.4, 0.5) is 0 Å². The second-order valence-corrected chi connectivity index (χ2v) is 4.69. The Kier molecular flexibility index (Phi) is 4.26. The highest BCUT2D eigenvalue weighted by atomic mass is 16.1. The van der Waals surface area contributed by atoms with Gasteiger partial charge in [-0.2, -0.15) is 0 Å². The van der Waals surface area contributed by atoms with Crippen molar-refractivity contribution in [2.24, 2.45) is 0 Å². The first-order valence-corrected chi connectivity index (χ1v) is 6.46. The second-order valence-electron chi connectivity index (χ2n) is 4.69. The lowest BCUT2D eigenvalue weighted by atomic mass is 10.1. The van der Waals surface area contributed by atoms with E-state index in [1.165, 1.54) is 0 Å². The molecular formula is C18H16O2. The summed E-state index contributed by atoms with van der Waals surface area (Å²) in [6, 6.07) is 14.9. The maximum absolute atomic E-state index is 11.2. The summed E-state index contributed by atoms with van der Waals surface area (Å²) in [6.45, 7) is 3.11. The van der Waals surface area contributed by atoms with Gasteiger partial charge in [-0.3, -0.25) is 9.59 Å². The van der Waals surface area contributed by atoms with E-state index in [4.69, 9.17) is 0 Å². The van der Waals surface area contributed by atoms with Crippen molar-refractivity contribution in [3.05, 3.63) is 70.8 Å². The monoisotopic (exact) mass is 264 g/mol. The highest BCUT2D eigenvalue weighted by molar-refractivity contribution is 5.95. The molecule has 2 rings (SSSR count). The minimum absolute atomic E-state index is 0.0698. The number of hydrogen-bond acceptors (Lipinski definition) is 2. The summed E-state index contributed by atoms with van der Waals surface area (Å²) in [7, 11) is 0. The molecule has 2 heteroatoms. The van der Waals surface area contributed by atoms with Crippen molar-refractivity contribution in [1.29, 1.82) is 0 Å². The van der Waals surface area contributed by atoms with Crippen molar-refractivity contribution < 1.29 is 9.59 Å². The summed E-state index contributed by atoms with van der Waals surface area (Å²) >= 11 is 0. The van der Waals surface area contributed by atoms with E-state index in [2.05, 4.69) is 0 Å². The summed E-state index contributed by atoms with van der Waals surface area (Å²) < 4.78 is 0. The third kappa shape index (κ3) is 3.51. The molecule has 2 nitrogen and oxygen atoms in total. The minimum atomic E-state index is 0.0698. The number of hydrogen-bond donors (Lipinski definition) is 0. The molecule has 0 unspecified atom stereocenters. The molecule has 0 radical (unpaired) electrons. The van der Waals surface area contributed by atoms with Gasteiger partial charge in [-0.15, -0.1) is 0 Å². The summed E-state index contributed by atoms with van der Waals surface area (Å²) in [4.78, 5) is 22.4. The number of Topliss-reactive ketones (excluding diaryl/α,β-unsaturated/α-hetero) is 2. The minimum Gasteiger partial charge on any atom is -0.295 e. The van der Waals surface area contributed by atoms with Gasteiger partial charge in [-0.05, 0) is 25.0 Å². The standard InChI is InChI=1S/C18H16O2/c1-13(19)17-9-5-15(6-10-17)3-4-16-7-11-18(12-8-16)14(2)20/h3-12H,1-2H3/b4-3-. The average Bonchev–Trinajstić information content (AvgIpc) is 2.46. The van der Waals surface area contributed by atoms with Gasteiger partial charge in [-0.25, -0.2) is 0 Å². The SMILES string of the molecule is CC(=O)c1ccc(/C=C\c2ccc(C(C)=O)cc2)cc1. The van der Waals surface area contributed by atoms with E-state index in [0.717, 1.165) is 11.1 Å². The van der Waals surface area contributed by atoms with Crippen LogP contribution in [0.1, 0.15) is 45.7 Å². The van der Waals surface area contributed by atoms with Crippen molar-refractivity contribution in [3.8, 4) is 0 Å². The summed E-state index contributed by atoms with van der Waals surface area (Å²) in [6.07, 6.45) is 3.96. The van der Waals surface area contributed by atoms with Crippen molar-refractivity contribution >= 4 is 23.7 Å². The van der Waals surface area contributed by atoms with Gasteiger partial charge in [0, 0.05) is 11.1 Å². The van der Waals surface area contributed by atoms with Crippen molar-refractivity contribution in [2.45, 2.75) is 13.8 Å². The lowest BCUT2D eigenvalue weighted by Crippen LogP contribution is -1.90. The molecule has 0 spiro atoms. The topological polar surface area (TPSA) is 34.1 Å². The number of carbonyl (C=O) groups excluding carboxylic acids is 2. The molecular weight excluding hydrogens is 248 g/mol. The average molecular weight is 264 g/mol. The van der Waals surface area contributed by atoms with Crippen LogP contribution in [0.3, 0.4) is 0 Å². The maximum Gasteiger partial charge on any atom is 0.159 e. The highest BCUT2D eigenvalue weighted by Gasteiger charge is 1.98. The van der Waals surface area contributed by atoms with Crippen molar-refractivity contribution in [2.75, 3.05) is 0 Å². The molecule has 0 aromatic heterocycles. The predicted octanol–water partition coefficient (Wildman–Crippen LogP) is 4.26. The Labute approximate surface area is 118 Å². The first-order chi connectivity index (χ1) is 9.56. The molecule has 0 amide bonds. The van der Waals surface area contributed by atoms with Gasteiger partial charge in [0.25, 0.3) is 0 Å².